The number of hydrogen-bond donors (Lipinski definition) is 5. The molecule has 86 valence electrons. The third kappa shape index (κ3) is 3.16. The zero-order valence-corrected chi connectivity index (χ0v) is 8.77. The molecule has 0 radical (unpaired) electrons. The Morgan fingerprint density at radius 1 is 1.12 bits per heavy atom. The molecule has 0 aliphatic carbocycles. The van der Waals surface area contributed by atoms with Crippen molar-refractivity contribution in [3.63, 3.8) is 0 Å². The number of phenolic OH excluding ortho intramolecular Hbond substituents is 1. The Labute approximate surface area is 93.5 Å². The van der Waals surface area contributed by atoms with Gasteiger partial charge in [0.25, 0.3) is 0 Å². The first-order valence-electron chi connectivity index (χ1n) is 4.74. The second-order valence-corrected chi connectivity index (χ2v) is 3.34. The van der Waals surface area contributed by atoms with Gasteiger partial charge >= 0.3 is 0 Å². The van der Waals surface area contributed by atoms with Crippen molar-refractivity contribution in [1.82, 2.24) is 4.90 Å². The Morgan fingerprint density at radius 2 is 1.62 bits per heavy atom. The lowest BCUT2D eigenvalue weighted by Gasteiger charge is -2.20. The maximum atomic E-state index is 9.09. The van der Waals surface area contributed by atoms with Gasteiger partial charge in [-0.1, -0.05) is 12.1 Å². The zero-order valence-electron chi connectivity index (χ0n) is 8.77. The fraction of sp³-hybridized carbons (Fsp3) is 0.200. The number of guanidine groups is 2. The van der Waals surface area contributed by atoms with E-state index in [9.17, 15) is 0 Å². The van der Waals surface area contributed by atoms with Crippen molar-refractivity contribution in [3.8, 4) is 5.75 Å². The molecule has 0 amide bonds. The van der Waals surface area contributed by atoms with Crippen molar-refractivity contribution in [2.75, 3.05) is 6.54 Å². The normalized spacial score (nSPS) is 9.75. The van der Waals surface area contributed by atoms with Crippen LogP contribution in [0.4, 0.5) is 0 Å². The monoisotopic (exact) mass is 221 g/mol. The van der Waals surface area contributed by atoms with Gasteiger partial charge in [0.05, 0.1) is 0 Å². The minimum absolute atomic E-state index is 0.207. The highest BCUT2D eigenvalue weighted by molar-refractivity contribution is 5.94. The Kier molecular flexibility index (Phi) is 3.71. The van der Waals surface area contributed by atoms with Crippen LogP contribution in [0.3, 0.4) is 0 Å². The van der Waals surface area contributed by atoms with Crippen LogP contribution in [0.5, 0.6) is 5.75 Å². The summed E-state index contributed by atoms with van der Waals surface area (Å²) < 4.78 is 0. The van der Waals surface area contributed by atoms with E-state index in [1.165, 1.54) is 4.90 Å². The van der Waals surface area contributed by atoms with Crippen molar-refractivity contribution in [2.24, 2.45) is 11.5 Å². The van der Waals surface area contributed by atoms with Gasteiger partial charge in [0, 0.05) is 6.54 Å². The molecule has 6 nitrogen and oxygen atoms in total. The van der Waals surface area contributed by atoms with E-state index in [0.717, 1.165) is 5.56 Å². The number of phenols is 1. The number of nitrogens with one attached hydrogen (secondary N) is 2. The molecular weight excluding hydrogens is 206 g/mol. The first kappa shape index (κ1) is 11.8. The maximum Gasteiger partial charge on any atom is 0.195 e. The number of rotatable bonds is 3. The summed E-state index contributed by atoms with van der Waals surface area (Å²) in [5, 5.41) is 23.5. The summed E-state index contributed by atoms with van der Waals surface area (Å²) in [4.78, 5) is 1.20. The van der Waals surface area contributed by atoms with Crippen molar-refractivity contribution in [1.29, 1.82) is 10.8 Å². The highest BCUT2D eigenvalue weighted by atomic mass is 16.3. The molecule has 0 aliphatic rings. The molecular formula is C10H15N5O. The predicted octanol–water partition coefficient (Wildman–Crippen LogP) is 0.0236. The minimum Gasteiger partial charge on any atom is -0.508 e. The minimum atomic E-state index is -0.244. The van der Waals surface area contributed by atoms with Crippen LogP contribution < -0.4 is 11.5 Å². The number of nitrogens with two attached hydrogens (primary N) is 2. The average Bonchev–Trinajstić information content (AvgIpc) is 2.20. The van der Waals surface area contributed by atoms with Crippen molar-refractivity contribution >= 4 is 11.9 Å². The molecule has 0 bridgehead atoms. The highest BCUT2D eigenvalue weighted by Gasteiger charge is 2.09. The van der Waals surface area contributed by atoms with Crippen molar-refractivity contribution in [3.05, 3.63) is 29.8 Å². The number of nitrogens with zero attached hydrogens (tertiary/aromatic N) is 1. The summed E-state index contributed by atoms with van der Waals surface area (Å²) in [6.07, 6.45) is 0.597. The Bertz CT molecular complexity index is 373. The van der Waals surface area contributed by atoms with Gasteiger partial charge in [-0.2, -0.15) is 0 Å². The molecule has 0 heterocycles. The van der Waals surface area contributed by atoms with Crippen LogP contribution in [0.15, 0.2) is 24.3 Å². The molecule has 0 spiro atoms. The van der Waals surface area contributed by atoms with Crippen LogP contribution in [-0.4, -0.2) is 28.5 Å². The lowest BCUT2D eigenvalue weighted by atomic mass is 10.1. The molecule has 7 N–H and O–H groups in total. The smallest absolute Gasteiger partial charge is 0.195 e. The molecule has 1 aromatic carbocycles. The summed E-state index contributed by atoms with van der Waals surface area (Å²) in [5.74, 6) is -0.281. The molecule has 0 fully saturated rings. The van der Waals surface area contributed by atoms with Gasteiger partial charge in [0.2, 0.25) is 0 Å². The third-order valence-electron chi connectivity index (χ3n) is 2.14. The van der Waals surface area contributed by atoms with E-state index in [-0.39, 0.29) is 17.7 Å². The topological polar surface area (TPSA) is 123 Å². The van der Waals surface area contributed by atoms with E-state index >= 15 is 0 Å². The lowest BCUT2D eigenvalue weighted by molar-refractivity contribution is 0.475. The first-order valence-corrected chi connectivity index (χ1v) is 4.74. The highest BCUT2D eigenvalue weighted by Crippen LogP contribution is 2.10. The quantitative estimate of drug-likeness (QED) is 0.364. The molecule has 0 aromatic heterocycles. The standard InChI is InChI=1S/C10H15N5O/c11-9(12)15(10(13)14)6-5-7-1-3-8(16)4-2-7/h1-4,16H,5-6H2,(H3,11,12)(H3,13,14). The van der Waals surface area contributed by atoms with E-state index in [1.807, 2.05) is 0 Å². The Morgan fingerprint density at radius 3 is 2.06 bits per heavy atom. The van der Waals surface area contributed by atoms with Crippen LogP contribution in [0.25, 0.3) is 0 Å². The molecule has 0 atom stereocenters. The first-order chi connectivity index (χ1) is 7.50. The molecule has 16 heavy (non-hydrogen) atoms. The zero-order chi connectivity index (χ0) is 12.1. The predicted molar refractivity (Wildman–Crippen MR) is 62.3 cm³/mol. The molecule has 1 aromatic rings. The number of benzene rings is 1. The van der Waals surface area contributed by atoms with Crippen molar-refractivity contribution < 1.29 is 5.11 Å². The van der Waals surface area contributed by atoms with Crippen LogP contribution in [0, 0.1) is 10.8 Å². The van der Waals surface area contributed by atoms with Gasteiger partial charge in [-0.15, -0.1) is 0 Å². The van der Waals surface area contributed by atoms with E-state index in [4.69, 9.17) is 27.4 Å². The number of aromatic hydroxyl groups is 1. The third-order valence-corrected chi connectivity index (χ3v) is 2.14. The van der Waals surface area contributed by atoms with E-state index in [1.54, 1.807) is 24.3 Å². The Balaban J connectivity index is 2.59. The molecule has 0 saturated carbocycles. The van der Waals surface area contributed by atoms with Crippen LogP contribution in [0.1, 0.15) is 5.56 Å². The molecule has 0 aliphatic heterocycles. The van der Waals surface area contributed by atoms with Gasteiger partial charge in [0.1, 0.15) is 5.75 Å². The largest absolute Gasteiger partial charge is 0.508 e. The summed E-state index contributed by atoms with van der Waals surface area (Å²) in [6.45, 7) is 0.370. The van der Waals surface area contributed by atoms with E-state index in [0.29, 0.717) is 13.0 Å². The molecule has 0 saturated heterocycles. The summed E-state index contributed by atoms with van der Waals surface area (Å²) in [5.41, 5.74) is 11.5. The van der Waals surface area contributed by atoms with Crippen LogP contribution in [0.2, 0.25) is 0 Å². The summed E-state index contributed by atoms with van der Waals surface area (Å²) >= 11 is 0. The van der Waals surface area contributed by atoms with Gasteiger partial charge in [-0.05, 0) is 24.1 Å². The molecule has 0 unspecified atom stereocenters. The fourth-order valence-corrected chi connectivity index (χ4v) is 1.27. The number of hydrogen-bond acceptors (Lipinski definition) is 3. The van der Waals surface area contributed by atoms with Gasteiger partial charge in [0.15, 0.2) is 11.9 Å². The fourth-order valence-electron chi connectivity index (χ4n) is 1.27. The average molecular weight is 221 g/mol. The second kappa shape index (κ2) is 5.01. The van der Waals surface area contributed by atoms with Gasteiger partial charge < -0.3 is 16.6 Å². The van der Waals surface area contributed by atoms with Gasteiger partial charge in [-0.25, -0.2) is 0 Å². The second-order valence-electron chi connectivity index (χ2n) is 3.34. The van der Waals surface area contributed by atoms with E-state index in [2.05, 4.69) is 0 Å². The van der Waals surface area contributed by atoms with Gasteiger partial charge in [-0.3, -0.25) is 15.7 Å². The Hall–Kier alpha value is -2.24. The lowest BCUT2D eigenvalue weighted by Crippen LogP contribution is -2.45. The van der Waals surface area contributed by atoms with E-state index < -0.39 is 0 Å². The van der Waals surface area contributed by atoms with Crippen LogP contribution in [-0.2, 0) is 6.42 Å². The summed E-state index contributed by atoms with van der Waals surface area (Å²) in [6, 6.07) is 6.71. The summed E-state index contributed by atoms with van der Waals surface area (Å²) in [7, 11) is 0. The molecule has 6 heteroatoms. The SMILES string of the molecule is N=C(N)N(CCc1ccc(O)cc1)C(=N)N. The molecule has 1 rings (SSSR count). The van der Waals surface area contributed by atoms with Crippen molar-refractivity contribution in [2.45, 2.75) is 6.42 Å². The maximum absolute atomic E-state index is 9.09. The van der Waals surface area contributed by atoms with Crippen LogP contribution >= 0.6 is 0 Å².